The van der Waals surface area contributed by atoms with Gasteiger partial charge in [0.25, 0.3) is 5.91 Å². The lowest BCUT2D eigenvalue weighted by atomic mass is 10.0. The summed E-state index contributed by atoms with van der Waals surface area (Å²) in [4.78, 5) is 26.1. The summed E-state index contributed by atoms with van der Waals surface area (Å²) < 4.78 is 33.9. The largest absolute Gasteiger partial charge is 0.482 e. The number of likely N-dealkylation sites (N-methyl/N-ethyl adjacent to an activating group) is 1. The van der Waals surface area contributed by atoms with E-state index in [0.717, 1.165) is 0 Å². The first-order valence-electron chi connectivity index (χ1n) is 9.56. The monoisotopic (exact) mass is 411 g/mol. The van der Waals surface area contributed by atoms with Crippen molar-refractivity contribution in [2.75, 3.05) is 24.7 Å². The lowest BCUT2D eigenvalue weighted by Gasteiger charge is -2.29. The van der Waals surface area contributed by atoms with Gasteiger partial charge in [0.1, 0.15) is 5.75 Å². The normalized spacial score (nSPS) is 19.2. The average Bonchev–Trinajstić information content (AvgIpc) is 3.00. The summed E-state index contributed by atoms with van der Waals surface area (Å²) in [5.74, 6) is -0.0426. The van der Waals surface area contributed by atoms with Crippen molar-refractivity contribution in [3.05, 3.63) is 29.8 Å². The Morgan fingerprint density at radius 1 is 1.18 bits per heavy atom. The third-order valence-corrected chi connectivity index (χ3v) is 6.58. The van der Waals surface area contributed by atoms with Crippen LogP contribution in [0.3, 0.4) is 0 Å². The zero-order valence-electron chi connectivity index (χ0n) is 16.9. The van der Waals surface area contributed by atoms with Gasteiger partial charge in [-0.25, -0.2) is 13.2 Å². The maximum absolute atomic E-state index is 12.6. The van der Waals surface area contributed by atoms with Crippen molar-refractivity contribution >= 4 is 21.7 Å². The van der Waals surface area contributed by atoms with Crippen molar-refractivity contribution in [2.24, 2.45) is 0 Å². The molecule has 2 rings (SSSR count). The van der Waals surface area contributed by atoms with Gasteiger partial charge in [-0.1, -0.05) is 26.0 Å². The predicted molar refractivity (Wildman–Crippen MR) is 106 cm³/mol. The molecule has 28 heavy (non-hydrogen) atoms. The average molecular weight is 412 g/mol. The van der Waals surface area contributed by atoms with Gasteiger partial charge < -0.3 is 14.4 Å². The molecule has 156 valence electrons. The summed E-state index contributed by atoms with van der Waals surface area (Å²) in [6.45, 7) is 7.51. The van der Waals surface area contributed by atoms with Gasteiger partial charge in [-0.05, 0) is 43.9 Å². The van der Waals surface area contributed by atoms with Crippen LogP contribution in [0, 0.1) is 0 Å². The summed E-state index contributed by atoms with van der Waals surface area (Å²) in [6, 6.07) is 7.09. The molecule has 0 unspecified atom stereocenters. The van der Waals surface area contributed by atoms with Crippen LogP contribution in [0.2, 0.25) is 0 Å². The number of benzene rings is 1. The number of sulfone groups is 1. The first kappa shape index (κ1) is 22.2. The van der Waals surface area contributed by atoms with Gasteiger partial charge in [-0.2, -0.15) is 0 Å². The van der Waals surface area contributed by atoms with Gasteiger partial charge >= 0.3 is 5.97 Å². The highest BCUT2D eigenvalue weighted by atomic mass is 32.2. The fraction of sp³-hybridized carbons (Fsp3) is 0.600. The van der Waals surface area contributed by atoms with E-state index in [1.807, 2.05) is 12.1 Å². The van der Waals surface area contributed by atoms with Gasteiger partial charge in [-0.15, -0.1) is 0 Å². The molecule has 1 fully saturated rings. The van der Waals surface area contributed by atoms with Crippen molar-refractivity contribution in [1.29, 1.82) is 0 Å². The van der Waals surface area contributed by atoms with Crippen LogP contribution in [0.1, 0.15) is 45.6 Å². The summed E-state index contributed by atoms with van der Waals surface area (Å²) in [5, 5.41) is 0. The van der Waals surface area contributed by atoms with Crippen molar-refractivity contribution in [3.63, 3.8) is 0 Å². The molecule has 7 nitrogen and oxygen atoms in total. The number of ether oxygens (including phenoxy) is 2. The molecule has 1 amide bonds. The molecule has 1 heterocycles. The molecule has 0 saturated carbocycles. The van der Waals surface area contributed by atoms with Gasteiger partial charge in [0.2, 0.25) is 0 Å². The van der Waals surface area contributed by atoms with Crippen LogP contribution in [-0.2, 0) is 24.2 Å². The van der Waals surface area contributed by atoms with E-state index in [1.165, 1.54) is 17.4 Å². The van der Waals surface area contributed by atoms with Crippen LogP contribution < -0.4 is 4.74 Å². The molecule has 0 spiro atoms. The third-order valence-electron chi connectivity index (χ3n) is 4.83. The Morgan fingerprint density at radius 3 is 2.32 bits per heavy atom. The highest BCUT2D eigenvalue weighted by molar-refractivity contribution is 7.91. The molecule has 1 aromatic rings. The lowest BCUT2D eigenvalue weighted by molar-refractivity contribution is -0.161. The highest BCUT2D eigenvalue weighted by Gasteiger charge is 2.36. The minimum atomic E-state index is -3.10. The Hall–Kier alpha value is -2.09. The maximum Gasteiger partial charge on any atom is 0.344 e. The number of amides is 1. The number of esters is 1. The molecule has 0 radical (unpaired) electrons. The van der Waals surface area contributed by atoms with E-state index in [0.29, 0.717) is 24.6 Å². The molecule has 8 heteroatoms. The molecule has 2 atom stereocenters. The standard InChI is InChI=1S/C20H29NO6S/c1-5-21(17-10-11-28(24,25)13-17)20(23)15(4)27-19(22)12-26-18-8-6-16(7-9-18)14(2)3/h6-9,14-15,17H,5,10-13H2,1-4H3/t15-,17-/m0/s1. The first-order valence-corrected chi connectivity index (χ1v) is 11.4. The first-order chi connectivity index (χ1) is 13.1. The Kier molecular flexibility index (Phi) is 7.46. The van der Waals surface area contributed by atoms with E-state index in [9.17, 15) is 18.0 Å². The van der Waals surface area contributed by atoms with Crippen LogP contribution in [0.5, 0.6) is 5.75 Å². The summed E-state index contributed by atoms with van der Waals surface area (Å²) >= 11 is 0. The lowest BCUT2D eigenvalue weighted by Crippen LogP contribution is -2.46. The van der Waals surface area contributed by atoms with Crippen LogP contribution in [0.15, 0.2) is 24.3 Å². The second-order valence-electron chi connectivity index (χ2n) is 7.33. The number of carbonyl (C=O) groups is 2. The molecule has 1 saturated heterocycles. The summed E-state index contributed by atoms with van der Waals surface area (Å²) in [6.07, 6.45) is -0.583. The number of hydrogen-bond acceptors (Lipinski definition) is 6. The van der Waals surface area contributed by atoms with Gasteiger partial charge in [-0.3, -0.25) is 4.79 Å². The molecule has 0 N–H and O–H groups in total. The topological polar surface area (TPSA) is 90.0 Å². The Balaban J connectivity index is 1.85. The summed E-state index contributed by atoms with van der Waals surface area (Å²) in [5.41, 5.74) is 1.17. The van der Waals surface area contributed by atoms with E-state index in [2.05, 4.69) is 13.8 Å². The van der Waals surface area contributed by atoms with E-state index >= 15 is 0 Å². The van der Waals surface area contributed by atoms with Crippen molar-refractivity contribution < 1.29 is 27.5 Å². The Morgan fingerprint density at radius 2 is 1.82 bits per heavy atom. The molecule has 0 aromatic heterocycles. The Labute approximate surface area is 166 Å². The zero-order valence-corrected chi connectivity index (χ0v) is 17.7. The fourth-order valence-corrected chi connectivity index (χ4v) is 4.95. The van der Waals surface area contributed by atoms with Crippen LogP contribution in [-0.4, -0.2) is 62.0 Å². The quantitative estimate of drug-likeness (QED) is 0.609. The molecule has 1 aliphatic rings. The fourth-order valence-electron chi connectivity index (χ4n) is 3.22. The van der Waals surface area contributed by atoms with Crippen LogP contribution in [0.25, 0.3) is 0 Å². The van der Waals surface area contributed by atoms with Crippen molar-refractivity contribution in [3.8, 4) is 5.75 Å². The van der Waals surface area contributed by atoms with E-state index < -0.39 is 21.9 Å². The van der Waals surface area contributed by atoms with Crippen molar-refractivity contribution in [1.82, 2.24) is 4.90 Å². The molecule has 0 aliphatic carbocycles. The third kappa shape index (κ3) is 5.95. The zero-order chi connectivity index (χ0) is 20.9. The van der Waals surface area contributed by atoms with Crippen LogP contribution >= 0.6 is 0 Å². The number of hydrogen-bond donors (Lipinski definition) is 0. The molecule has 1 aromatic carbocycles. The second kappa shape index (κ2) is 9.41. The van der Waals surface area contributed by atoms with E-state index in [4.69, 9.17) is 9.47 Å². The second-order valence-corrected chi connectivity index (χ2v) is 9.55. The maximum atomic E-state index is 12.6. The minimum Gasteiger partial charge on any atom is -0.482 e. The SMILES string of the molecule is CCN(C(=O)[C@H](C)OC(=O)COc1ccc(C(C)C)cc1)[C@H]1CCS(=O)(=O)C1. The van der Waals surface area contributed by atoms with E-state index in [-0.39, 0.29) is 30.1 Å². The molecule has 1 aliphatic heterocycles. The van der Waals surface area contributed by atoms with Crippen LogP contribution in [0.4, 0.5) is 0 Å². The summed E-state index contributed by atoms with van der Waals surface area (Å²) in [7, 11) is -3.10. The molecular weight excluding hydrogens is 382 g/mol. The van der Waals surface area contributed by atoms with Gasteiger partial charge in [0.15, 0.2) is 22.5 Å². The minimum absolute atomic E-state index is 0.0390. The molecule has 0 bridgehead atoms. The number of nitrogens with zero attached hydrogens (tertiary/aromatic N) is 1. The number of rotatable bonds is 8. The highest BCUT2D eigenvalue weighted by Crippen LogP contribution is 2.20. The molecular formula is C20H29NO6S. The number of carbonyl (C=O) groups excluding carboxylic acids is 2. The van der Waals surface area contributed by atoms with Gasteiger partial charge in [0.05, 0.1) is 11.5 Å². The van der Waals surface area contributed by atoms with Crippen molar-refractivity contribution in [2.45, 2.75) is 52.2 Å². The van der Waals surface area contributed by atoms with Gasteiger partial charge in [0, 0.05) is 12.6 Å². The Bertz CT molecular complexity index is 787. The van der Waals surface area contributed by atoms with E-state index in [1.54, 1.807) is 19.1 Å². The smallest absolute Gasteiger partial charge is 0.344 e. The predicted octanol–water partition coefficient (Wildman–Crippen LogP) is 2.16.